The molecule has 0 bridgehead atoms. The second-order valence-corrected chi connectivity index (χ2v) is 10.5. The number of halogens is 2. The van der Waals surface area contributed by atoms with E-state index in [0.717, 1.165) is 17.7 Å². The van der Waals surface area contributed by atoms with Crippen LogP contribution in [0.1, 0.15) is 36.1 Å². The first-order valence-corrected chi connectivity index (χ1v) is 13.6. The Hall–Kier alpha value is -4.31. The van der Waals surface area contributed by atoms with E-state index in [9.17, 15) is 28.3 Å². The van der Waals surface area contributed by atoms with Crippen LogP contribution in [0.2, 0.25) is 0 Å². The second kappa shape index (κ2) is 11.7. The van der Waals surface area contributed by atoms with Gasteiger partial charge in [-0.1, -0.05) is 48.5 Å². The van der Waals surface area contributed by atoms with Gasteiger partial charge in [-0.2, -0.15) is 0 Å². The number of aryl methyl sites for hydroxylation is 1. The molecule has 2 aliphatic rings. The molecule has 2 fully saturated rings. The first kappa shape index (κ1) is 28.2. The standard InChI is InChI=1S/C31H32F2N4O4/c1-20(25-14-11-23(32)17-26(25)33)35-18-28-36(27(31(35)41)16-22-8-12-24(38)13-9-22)30(40)19-34(2)37(28)29(39)15-10-21-6-4-3-5-7-21/h3-9,11-14,17,20,27-28,38H,10,15-16,18-19H2,1-2H3/t20-,27-,28-/m0/s1. The molecule has 1 N–H and O–H groups in total. The van der Waals surface area contributed by atoms with E-state index in [-0.39, 0.29) is 49.1 Å². The molecule has 5 rings (SSSR count). The van der Waals surface area contributed by atoms with Crippen LogP contribution in [0, 0.1) is 11.6 Å². The fraction of sp³-hybridized carbons (Fsp3) is 0.323. The summed E-state index contributed by atoms with van der Waals surface area (Å²) >= 11 is 0. The SMILES string of the molecule is C[C@@H](c1ccc(F)cc1F)N1C[C@H]2N(C(=O)CN(C)N2C(=O)CCc2ccccc2)[C@@H](Cc2ccc(O)cc2)C1=O. The number of hydrogen-bond donors (Lipinski definition) is 1. The van der Waals surface area contributed by atoms with Gasteiger partial charge >= 0.3 is 0 Å². The molecule has 0 aromatic heterocycles. The number of carbonyl (C=O) groups excluding carboxylic acids is 3. The maximum Gasteiger partial charge on any atom is 0.246 e. The summed E-state index contributed by atoms with van der Waals surface area (Å²) in [5.74, 6) is -2.36. The molecule has 214 valence electrons. The largest absolute Gasteiger partial charge is 0.508 e. The summed E-state index contributed by atoms with van der Waals surface area (Å²) in [5.41, 5.74) is 1.84. The zero-order valence-corrected chi connectivity index (χ0v) is 22.9. The van der Waals surface area contributed by atoms with Gasteiger partial charge in [0.25, 0.3) is 0 Å². The Morgan fingerprint density at radius 3 is 2.39 bits per heavy atom. The highest BCUT2D eigenvalue weighted by atomic mass is 19.1. The number of carbonyl (C=O) groups is 3. The molecule has 3 aromatic carbocycles. The Kier molecular flexibility index (Phi) is 8.03. The Morgan fingerprint density at radius 2 is 1.71 bits per heavy atom. The first-order chi connectivity index (χ1) is 19.6. The number of hydrazine groups is 1. The first-order valence-electron chi connectivity index (χ1n) is 13.6. The molecule has 0 unspecified atom stereocenters. The van der Waals surface area contributed by atoms with Crippen molar-refractivity contribution in [2.75, 3.05) is 20.1 Å². The van der Waals surface area contributed by atoms with E-state index in [1.54, 1.807) is 31.1 Å². The monoisotopic (exact) mass is 562 g/mol. The number of hydrogen-bond acceptors (Lipinski definition) is 5. The number of amides is 3. The lowest BCUT2D eigenvalue weighted by molar-refractivity contribution is -0.204. The normalized spacial score (nSPS) is 20.2. The molecule has 10 heteroatoms. The van der Waals surface area contributed by atoms with Gasteiger partial charge in [-0.05, 0) is 42.7 Å². The van der Waals surface area contributed by atoms with Crippen LogP contribution >= 0.6 is 0 Å². The summed E-state index contributed by atoms with van der Waals surface area (Å²) in [4.78, 5) is 44.1. The van der Waals surface area contributed by atoms with Crippen molar-refractivity contribution >= 4 is 17.7 Å². The van der Waals surface area contributed by atoms with Crippen molar-refractivity contribution in [2.45, 2.75) is 44.4 Å². The van der Waals surface area contributed by atoms with E-state index in [0.29, 0.717) is 12.0 Å². The lowest BCUT2D eigenvalue weighted by Gasteiger charge is -2.55. The van der Waals surface area contributed by atoms with Gasteiger partial charge in [-0.15, -0.1) is 0 Å². The molecule has 2 aliphatic heterocycles. The highest BCUT2D eigenvalue weighted by Crippen LogP contribution is 2.34. The average molecular weight is 563 g/mol. The van der Waals surface area contributed by atoms with Crippen LogP contribution in [0.15, 0.2) is 72.8 Å². The third kappa shape index (κ3) is 5.78. The maximum atomic E-state index is 14.8. The zero-order chi connectivity index (χ0) is 29.3. The minimum absolute atomic E-state index is 0.0456. The average Bonchev–Trinajstić information content (AvgIpc) is 2.94. The Morgan fingerprint density at radius 1 is 1.00 bits per heavy atom. The minimum atomic E-state index is -0.977. The van der Waals surface area contributed by atoms with Crippen LogP contribution in [0.3, 0.4) is 0 Å². The zero-order valence-electron chi connectivity index (χ0n) is 22.9. The molecule has 0 spiro atoms. The van der Waals surface area contributed by atoms with E-state index in [1.165, 1.54) is 33.0 Å². The van der Waals surface area contributed by atoms with E-state index in [1.807, 2.05) is 30.3 Å². The van der Waals surface area contributed by atoms with Crippen molar-refractivity contribution in [1.29, 1.82) is 0 Å². The van der Waals surface area contributed by atoms with Gasteiger partial charge in [0, 0.05) is 31.5 Å². The molecule has 41 heavy (non-hydrogen) atoms. The van der Waals surface area contributed by atoms with Crippen LogP contribution in [0.4, 0.5) is 8.78 Å². The smallest absolute Gasteiger partial charge is 0.246 e. The summed E-state index contributed by atoms with van der Waals surface area (Å²) in [6.45, 7) is 1.52. The van der Waals surface area contributed by atoms with E-state index in [4.69, 9.17) is 0 Å². The fourth-order valence-corrected chi connectivity index (χ4v) is 5.75. The molecule has 0 aliphatic carbocycles. The van der Waals surface area contributed by atoms with Gasteiger partial charge in [0.1, 0.15) is 29.6 Å². The van der Waals surface area contributed by atoms with E-state index >= 15 is 0 Å². The van der Waals surface area contributed by atoms with Gasteiger partial charge < -0.3 is 14.9 Å². The Labute approximate surface area is 237 Å². The van der Waals surface area contributed by atoms with Gasteiger partial charge in [0.05, 0.1) is 19.1 Å². The van der Waals surface area contributed by atoms with E-state index in [2.05, 4.69) is 0 Å². The summed E-state index contributed by atoms with van der Waals surface area (Å²) in [7, 11) is 1.66. The topological polar surface area (TPSA) is 84.4 Å². The lowest BCUT2D eigenvalue weighted by atomic mass is 9.96. The number of rotatable bonds is 7. The van der Waals surface area contributed by atoms with E-state index < -0.39 is 35.8 Å². The van der Waals surface area contributed by atoms with Crippen molar-refractivity contribution in [2.24, 2.45) is 0 Å². The molecule has 3 atom stereocenters. The van der Waals surface area contributed by atoms with Crippen molar-refractivity contribution in [3.8, 4) is 5.75 Å². The number of fused-ring (bicyclic) bond motifs is 1. The highest BCUT2D eigenvalue weighted by molar-refractivity contribution is 5.92. The Bertz CT molecular complexity index is 1440. The number of nitrogens with zero attached hydrogens (tertiary/aromatic N) is 4. The molecule has 0 radical (unpaired) electrons. The maximum absolute atomic E-state index is 14.8. The summed E-state index contributed by atoms with van der Waals surface area (Å²) in [6.07, 6.45) is -0.00506. The van der Waals surface area contributed by atoms with Crippen LogP contribution in [-0.2, 0) is 27.2 Å². The molecular weight excluding hydrogens is 530 g/mol. The molecule has 8 nitrogen and oxygen atoms in total. The van der Waals surface area contributed by atoms with Gasteiger partial charge in [-0.25, -0.2) is 13.8 Å². The molecule has 3 amide bonds. The molecule has 0 saturated carbocycles. The second-order valence-electron chi connectivity index (χ2n) is 10.5. The molecular formula is C31H32F2N4O4. The predicted octanol–water partition coefficient (Wildman–Crippen LogP) is 3.66. The van der Waals surface area contributed by atoms with Gasteiger partial charge in [0.15, 0.2) is 0 Å². The lowest BCUT2D eigenvalue weighted by Crippen LogP contribution is -2.75. The third-order valence-corrected chi connectivity index (χ3v) is 7.86. The number of likely N-dealkylation sites (N-methyl/N-ethyl adjacent to an activating group) is 1. The van der Waals surface area contributed by atoms with Crippen LogP contribution in [0.5, 0.6) is 5.75 Å². The highest BCUT2D eigenvalue weighted by Gasteiger charge is 2.51. The van der Waals surface area contributed by atoms with Crippen molar-refractivity contribution in [1.82, 2.24) is 19.8 Å². The molecule has 2 heterocycles. The van der Waals surface area contributed by atoms with Crippen LogP contribution in [-0.4, -0.2) is 75.0 Å². The number of piperazine rings is 1. The van der Waals surface area contributed by atoms with Crippen molar-refractivity contribution < 1.29 is 28.3 Å². The van der Waals surface area contributed by atoms with Crippen molar-refractivity contribution in [3.05, 3.63) is 101 Å². The quantitative estimate of drug-likeness (QED) is 0.475. The van der Waals surface area contributed by atoms with Gasteiger partial charge in [0.2, 0.25) is 17.7 Å². The molecule has 2 saturated heterocycles. The summed E-state index contributed by atoms with van der Waals surface area (Å²) in [5, 5.41) is 12.8. The molecule has 3 aromatic rings. The summed E-state index contributed by atoms with van der Waals surface area (Å²) < 4.78 is 28.5. The third-order valence-electron chi connectivity index (χ3n) is 7.86. The Balaban J connectivity index is 1.50. The van der Waals surface area contributed by atoms with Crippen molar-refractivity contribution in [3.63, 3.8) is 0 Å². The number of benzene rings is 3. The number of phenols is 1. The summed E-state index contributed by atoms with van der Waals surface area (Å²) in [6, 6.07) is 17.4. The predicted molar refractivity (Wildman–Crippen MR) is 147 cm³/mol. The number of phenolic OH excluding ortho intramolecular Hbond substituents is 1. The fourth-order valence-electron chi connectivity index (χ4n) is 5.75. The van der Waals surface area contributed by atoms with Crippen LogP contribution < -0.4 is 0 Å². The van der Waals surface area contributed by atoms with Gasteiger partial charge in [-0.3, -0.25) is 19.4 Å². The number of aromatic hydroxyl groups is 1. The van der Waals surface area contributed by atoms with Crippen LogP contribution in [0.25, 0.3) is 0 Å². The minimum Gasteiger partial charge on any atom is -0.508 e.